The second-order valence-electron chi connectivity index (χ2n) is 2.57. The second-order valence-corrected chi connectivity index (χ2v) is 5.68. The van der Waals surface area contributed by atoms with Crippen LogP contribution in [0.5, 0.6) is 0 Å². The summed E-state index contributed by atoms with van der Waals surface area (Å²) in [4.78, 5) is 11.5. The average Bonchev–Trinajstić information content (AvgIpc) is 2.15. The summed E-state index contributed by atoms with van der Waals surface area (Å²) < 4.78 is 0. The van der Waals surface area contributed by atoms with E-state index >= 15 is 0 Å². The van der Waals surface area contributed by atoms with Crippen LogP contribution < -0.4 is 0 Å². The number of benzene rings is 1. The maximum absolute atomic E-state index is 11.5. The van der Waals surface area contributed by atoms with Crippen molar-refractivity contribution in [1.82, 2.24) is 0 Å². The summed E-state index contributed by atoms with van der Waals surface area (Å²) in [5.74, 6) is 0.235. The molecule has 1 aromatic carbocycles. The van der Waals surface area contributed by atoms with Gasteiger partial charge in [-0.1, -0.05) is 0 Å². The van der Waals surface area contributed by atoms with Crippen LogP contribution in [0.2, 0.25) is 15.7 Å². The summed E-state index contributed by atoms with van der Waals surface area (Å²) in [6, 6.07) is 7.09. The summed E-state index contributed by atoms with van der Waals surface area (Å²) >= 11 is 6.17. The van der Waals surface area contributed by atoms with Gasteiger partial charge in [0.05, 0.1) is 0 Å². The number of carbonyl (C=O) groups is 1. The zero-order valence-corrected chi connectivity index (χ0v) is 9.89. The minimum atomic E-state index is 0.235. The van der Waals surface area contributed by atoms with Gasteiger partial charge in [0.1, 0.15) is 0 Å². The van der Waals surface area contributed by atoms with Gasteiger partial charge >= 0.3 is 89.5 Å². The van der Waals surface area contributed by atoms with Crippen LogP contribution in [-0.4, -0.2) is 20.7 Å². The van der Waals surface area contributed by atoms with Gasteiger partial charge in [0.25, 0.3) is 0 Å². The van der Waals surface area contributed by atoms with E-state index in [0.717, 1.165) is 10.9 Å². The van der Waals surface area contributed by atoms with Crippen molar-refractivity contribution in [3.63, 3.8) is 0 Å². The molecule has 0 amide bonds. The van der Waals surface area contributed by atoms with Crippen molar-refractivity contribution in [2.24, 2.45) is 0 Å². The number of carbonyl (C=O) groups excluding carboxylic acids is 1. The van der Waals surface area contributed by atoms with Crippen LogP contribution in [0.3, 0.4) is 0 Å². The minimum absolute atomic E-state index is 0.235. The summed E-state index contributed by atoms with van der Waals surface area (Å²) in [5.41, 5.74) is 0.778. The Morgan fingerprint density at radius 1 is 1.38 bits per heavy atom. The van der Waals surface area contributed by atoms with Crippen LogP contribution >= 0.6 is 11.6 Å². The quantitative estimate of drug-likeness (QED) is 0.601. The van der Waals surface area contributed by atoms with Crippen molar-refractivity contribution in [1.29, 1.82) is 0 Å². The van der Waals surface area contributed by atoms with Gasteiger partial charge in [0, 0.05) is 0 Å². The number of hydrogen-bond donors (Lipinski definition) is 0. The molecule has 0 fully saturated rings. The molecule has 0 heterocycles. The zero-order valence-electron chi connectivity index (χ0n) is 7.42. The Labute approximate surface area is 89.6 Å². The molecule has 0 atom stereocenters. The topological polar surface area (TPSA) is 17.1 Å². The van der Waals surface area contributed by atoms with Crippen molar-refractivity contribution in [3.05, 3.63) is 34.9 Å². The van der Waals surface area contributed by atoms with Crippen LogP contribution in [0.1, 0.15) is 17.3 Å². The molecule has 3 heteroatoms. The first-order chi connectivity index (χ1) is 6.24. The molecule has 0 aromatic heterocycles. The third kappa shape index (κ3) is 3.51. The fourth-order valence-corrected chi connectivity index (χ4v) is 2.21. The number of halogens is 1. The molecule has 0 spiro atoms. The van der Waals surface area contributed by atoms with Gasteiger partial charge in [-0.2, -0.15) is 0 Å². The predicted molar refractivity (Wildman–Crippen MR) is 56.8 cm³/mol. The Morgan fingerprint density at radius 2 is 2.00 bits per heavy atom. The van der Waals surface area contributed by atoms with Gasteiger partial charge in [0.15, 0.2) is 0 Å². The van der Waals surface area contributed by atoms with Gasteiger partial charge in [-0.15, -0.1) is 0 Å². The molecular weight excluding hydrogens is 251 g/mol. The van der Waals surface area contributed by atoms with Crippen LogP contribution in [0.4, 0.5) is 0 Å². The zero-order chi connectivity index (χ0) is 9.68. The van der Waals surface area contributed by atoms with Gasteiger partial charge in [0.2, 0.25) is 0 Å². The number of hydrogen-bond acceptors (Lipinski definition) is 1. The Kier molecular flexibility index (Phi) is 4.51. The van der Waals surface area contributed by atoms with E-state index in [2.05, 4.69) is 6.92 Å². The van der Waals surface area contributed by atoms with E-state index in [0.29, 0.717) is 25.3 Å². The number of Topliss-reactive ketones (excluding diaryl/α,β-unsaturated/α-hetero) is 1. The summed E-state index contributed by atoms with van der Waals surface area (Å²) in [7, 11) is 0. The van der Waals surface area contributed by atoms with E-state index in [9.17, 15) is 4.79 Å². The predicted octanol–water partition coefficient (Wildman–Crippen LogP) is 3.08. The molecule has 0 aliphatic heterocycles. The molecule has 0 saturated heterocycles. The summed E-state index contributed by atoms with van der Waals surface area (Å²) in [6.07, 6.45) is 0. The molecule has 1 rings (SSSR count). The molecule has 0 aliphatic rings. The van der Waals surface area contributed by atoms with Crippen molar-refractivity contribution >= 4 is 32.3 Å². The molecule has 0 unspecified atom stereocenters. The Bertz CT molecular complexity index is 281. The Morgan fingerprint density at radius 3 is 2.54 bits per heavy atom. The standard InChI is InChI=1S/C10H11ClOSe/c1-2-13-7-10(12)8-3-5-9(11)6-4-8/h3-6H,2,7H2,1H3. The monoisotopic (exact) mass is 262 g/mol. The van der Waals surface area contributed by atoms with Crippen LogP contribution in [0.25, 0.3) is 0 Å². The number of ketones is 1. The van der Waals surface area contributed by atoms with Crippen molar-refractivity contribution in [3.8, 4) is 0 Å². The van der Waals surface area contributed by atoms with Crippen LogP contribution in [-0.2, 0) is 0 Å². The Hall–Kier alpha value is -0.301. The van der Waals surface area contributed by atoms with Gasteiger partial charge < -0.3 is 0 Å². The van der Waals surface area contributed by atoms with Crippen molar-refractivity contribution < 1.29 is 4.79 Å². The average molecular weight is 262 g/mol. The molecule has 0 saturated carbocycles. The molecule has 13 heavy (non-hydrogen) atoms. The van der Waals surface area contributed by atoms with Crippen LogP contribution in [0.15, 0.2) is 24.3 Å². The molecular formula is C10H11ClOSe. The second kappa shape index (κ2) is 5.43. The fraction of sp³-hybridized carbons (Fsp3) is 0.300. The van der Waals surface area contributed by atoms with Gasteiger partial charge in [-0.3, -0.25) is 0 Å². The SMILES string of the molecule is CC[Se]CC(=O)c1ccc(Cl)cc1. The van der Waals surface area contributed by atoms with Gasteiger partial charge in [-0.25, -0.2) is 0 Å². The third-order valence-electron chi connectivity index (χ3n) is 1.60. The first-order valence-electron chi connectivity index (χ1n) is 4.10. The fourth-order valence-electron chi connectivity index (χ4n) is 0.914. The molecule has 0 bridgehead atoms. The third-order valence-corrected chi connectivity index (χ3v) is 3.69. The van der Waals surface area contributed by atoms with E-state index in [1.54, 1.807) is 24.3 Å². The van der Waals surface area contributed by atoms with Crippen molar-refractivity contribution in [2.75, 3.05) is 0 Å². The van der Waals surface area contributed by atoms with E-state index in [1.165, 1.54) is 0 Å². The maximum atomic E-state index is 11.5. The molecule has 1 aromatic rings. The van der Waals surface area contributed by atoms with E-state index in [-0.39, 0.29) is 5.78 Å². The first-order valence-corrected chi connectivity index (χ1v) is 6.90. The summed E-state index contributed by atoms with van der Waals surface area (Å²) in [6.45, 7) is 2.11. The summed E-state index contributed by atoms with van der Waals surface area (Å²) in [5, 5.41) is 2.50. The first kappa shape index (κ1) is 10.8. The van der Waals surface area contributed by atoms with Crippen molar-refractivity contribution in [2.45, 2.75) is 17.6 Å². The molecule has 0 radical (unpaired) electrons. The molecule has 0 N–H and O–H groups in total. The number of rotatable bonds is 4. The Balaban J connectivity index is 2.61. The molecule has 1 nitrogen and oxygen atoms in total. The van der Waals surface area contributed by atoms with E-state index in [4.69, 9.17) is 11.6 Å². The van der Waals surface area contributed by atoms with Gasteiger partial charge in [-0.05, 0) is 0 Å². The normalized spacial score (nSPS) is 10.0. The molecule has 70 valence electrons. The van der Waals surface area contributed by atoms with Crippen LogP contribution in [0, 0.1) is 0 Å². The van der Waals surface area contributed by atoms with E-state index in [1.807, 2.05) is 0 Å². The molecule has 0 aliphatic carbocycles. The van der Waals surface area contributed by atoms with E-state index < -0.39 is 0 Å².